The fourth-order valence-electron chi connectivity index (χ4n) is 6.31. The van der Waals surface area contributed by atoms with E-state index in [1.165, 1.54) is 19.1 Å². The van der Waals surface area contributed by atoms with Gasteiger partial charge in [-0.15, -0.1) is 0 Å². The Balaban J connectivity index is 1.71. The molecule has 0 radical (unpaired) electrons. The molecule has 63 heavy (non-hydrogen) atoms. The van der Waals surface area contributed by atoms with E-state index in [0.717, 1.165) is 0 Å². The van der Waals surface area contributed by atoms with Gasteiger partial charge in [0.2, 0.25) is 35.4 Å². The molecule has 0 heterocycles. The molecule has 0 unspecified atom stereocenters. The molecule has 0 saturated heterocycles. The summed E-state index contributed by atoms with van der Waals surface area (Å²) < 4.78 is 0. The Bertz CT molecular complexity index is 2000. The number of aromatic hydroxyl groups is 1. The summed E-state index contributed by atoms with van der Waals surface area (Å²) in [7, 11) is 0. The summed E-state index contributed by atoms with van der Waals surface area (Å²) in [5.74, 6) is -5.63. The van der Waals surface area contributed by atoms with Crippen LogP contribution in [0, 0.1) is 0 Å². The molecule has 0 aliphatic heterocycles. The lowest BCUT2D eigenvalue weighted by Gasteiger charge is -2.26. The van der Waals surface area contributed by atoms with E-state index >= 15 is 0 Å². The van der Waals surface area contributed by atoms with Gasteiger partial charge in [0.15, 0.2) is 5.96 Å². The number of aliphatic carboxylic acids is 1. The Morgan fingerprint density at radius 2 is 1.10 bits per heavy atom. The molecule has 19 nitrogen and oxygen atoms in total. The van der Waals surface area contributed by atoms with E-state index < -0.39 is 84.2 Å². The van der Waals surface area contributed by atoms with Crippen LogP contribution in [0.15, 0.2) is 89.9 Å². The molecule has 14 N–H and O–H groups in total. The van der Waals surface area contributed by atoms with Crippen LogP contribution < -0.4 is 49.1 Å². The Morgan fingerprint density at radius 3 is 1.62 bits per heavy atom. The van der Waals surface area contributed by atoms with Crippen LogP contribution >= 0.6 is 0 Å². The van der Waals surface area contributed by atoms with Gasteiger partial charge in [-0.2, -0.15) is 0 Å². The number of carboxylic acid groups (broad SMARTS) is 1. The highest BCUT2D eigenvalue weighted by molar-refractivity contribution is 5.96. The summed E-state index contributed by atoms with van der Waals surface area (Å²) in [6.45, 7) is 2.87. The van der Waals surface area contributed by atoms with Crippen LogP contribution in [0.4, 0.5) is 0 Å². The second kappa shape index (κ2) is 26.3. The van der Waals surface area contributed by atoms with Crippen molar-refractivity contribution in [3.8, 4) is 5.75 Å². The van der Waals surface area contributed by atoms with Gasteiger partial charge in [0.05, 0.1) is 12.6 Å². The van der Waals surface area contributed by atoms with Crippen molar-refractivity contribution in [3.63, 3.8) is 0 Å². The first-order valence-corrected chi connectivity index (χ1v) is 20.7. The zero-order valence-corrected chi connectivity index (χ0v) is 35.5. The van der Waals surface area contributed by atoms with Crippen molar-refractivity contribution in [2.24, 2.45) is 22.2 Å². The standard InChI is InChI=1S/C44H60N10O9/c1-3-4-16-33(40(59)52-34(17-11-22-48-44(46)47)41(60)54-36(43(62)63)25-29-14-9-6-10-15-29)53-42(61)35(24-28-12-7-5-8-13-28)51-37(56)26-49-38(57)27(2)50-39(58)32(45)23-30-18-20-31(55)21-19-30/h5-10,12-15,18-21,27,32-36,55H,3-4,11,16-17,22-26,45H2,1-2H3,(H,49,57)(H,50,58)(H,51,56)(H,52,59)(H,53,61)(H,54,60)(H,62,63)(H4,46,47,48)/t27-,32+,33-,34+,35+,36+/m1/s1. The molecular formula is C44H60N10O9. The van der Waals surface area contributed by atoms with E-state index in [2.05, 4.69) is 36.9 Å². The third-order valence-corrected chi connectivity index (χ3v) is 9.79. The maximum Gasteiger partial charge on any atom is 0.326 e. The van der Waals surface area contributed by atoms with Crippen LogP contribution in [0.25, 0.3) is 0 Å². The number of benzene rings is 3. The lowest BCUT2D eigenvalue weighted by Crippen LogP contribution is -2.58. The third-order valence-electron chi connectivity index (χ3n) is 9.79. The number of aliphatic imine (C=N–C) groups is 1. The van der Waals surface area contributed by atoms with E-state index in [-0.39, 0.29) is 56.8 Å². The first kappa shape index (κ1) is 50.3. The largest absolute Gasteiger partial charge is 0.508 e. The molecule has 3 aromatic rings. The number of amides is 6. The number of nitrogens with one attached hydrogen (secondary N) is 6. The SMILES string of the molecule is CCCC[C@@H](NC(=O)[C@H](Cc1ccccc1)NC(=O)CNC(=O)[C@@H](C)NC(=O)[C@@H](N)Cc1ccc(O)cc1)C(=O)N[C@@H](CCCN=C(N)N)C(=O)N[C@@H](Cc1ccccc1)C(=O)O. The number of carbonyl (C=O) groups excluding carboxylic acids is 6. The van der Waals surface area contributed by atoms with Crippen molar-refractivity contribution in [2.45, 2.75) is 101 Å². The van der Waals surface area contributed by atoms with Gasteiger partial charge >= 0.3 is 5.97 Å². The number of rotatable bonds is 26. The third kappa shape index (κ3) is 18.6. The summed E-state index contributed by atoms with van der Waals surface area (Å²) in [5, 5.41) is 34.9. The van der Waals surface area contributed by atoms with Gasteiger partial charge in [0.25, 0.3) is 0 Å². The predicted molar refractivity (Wildman–Crippen MR) is 235 cm³/mol. The number of phenols is 1. The Labute approximate surface area is 366 Å². The molecule has 3 aromatic carbocycles. The molecule has 0 aliphatic carbocycles. The molecule has 0 spiro atoms. The molecule has 19 heteroatoms. The molecule has 0 fully saturated rings. The summed E-state index contributed by atoms with van der Waals surface area (Å²) in [4.78, 5) is 96.5. The minimum atomic E-state index is -1.32. The minimum Gasteiger partial charge on any atom is -0.508 e. The summed E-state index contributed by atoms with van der Waals surface area (Å²) in [5.41, 5.74) is 19.0. The molecule has 340 valence electrons. The fourth-order valence-corrected chi connectivity index (χ4v) is 6.31. The molecule has 0 aromatic heterocycles. The van der Waals surface area contributed by atoms with Crippen LogP contribution in [0.5, 0.6) is 5.75 Å². The van der Waals surface area contributed by atoms with E-state index in [0.29, 0.717) is 29.5 Å². The molecule has 6 atom stereocenters. The number of unbranched alkanes of at least 4 members (excludes halogenated alkanes) is 1. The lowest BCUT2D eigenvalue weighted by molar-refractivity contribution is -0.142. The summed E-state index contributed by atoms with van der Waals surface area (Å²) in [6, 6.07) is 16.6. The van der Waals surface area contributed by atoms with Crippen LogP contribution in [0.2, 0.25) is 0 Å². The molecule has 6 amide bonds. The number of nitrogens with two attached hydrogens (primary N) is 3. The first-order valence-electron chi connectivity index (χ1n) is 20.7. The number of nitrogens with zero attached hydrogens (tertiary/aromatic N) is 1. The van der Waals surface area contributed by atoms with Crippen molar-refractivity contribution in [1.29, 1.82) is 0 Å². The molecule has 0 bridgehead atoms. The van der Waals surface area contributed by atoms with E-state index in [1.807, 2.05) is 6.92 Å². The number of carbonyl (C=O) groups is 7. The molecule has 0 saturated carbocycles. The quantitative estimate of drug-likeness (QED) is 0.0280. The highest BCUT2D eigenvalue weighted by Crippen LogP contribution is 2.12. The highest BCUT2D eigenvalue weighted by atomic mass is 16.4. The molecular weight excluding hydrogens is 813 g/mol. The number of phenolic OH excluding ortho intramolecular Hbond substituents is 1. The number of guanidine groups is 1. The van der Waals surface area contributed by atoms with Gasteiger partial charge in [0.1, 0.15) is 36.0 Å². The van der Waals surface area contributed by atoms with E-state index in [4.69, 9.17) is 17.2 Å². The average molecular weight is 873 g/mol. The van der Waals surface area contributed by atoms with Crippen molar-refractivity contribution >= 4 is 47.4 Å². The van der Waals surface area contributed by atoms with Gasteiger partial charge in [0, 0.05) is 19.4 Å². The highest BCUT2D eigenvalue weighted by Gasteiger charge is 2.32. The molecule has 0 aliphatic rings. The van der Waals surface area contributed by atoms with Gasteiger partial charge < -0.3 is 59.3 Å². The molecule has 3 rings (SSSR count). The number of hydrogen-bond donors (Lipinski definition) is 11. The van der Waals surface area contributed by atoms with Crippen LogP contribution in [-0.2, 0) is 52.8 Å². The second-order valence-electron chi connectivity index (χ2n) is 15.0. The minimum absolute atomic E-state index is 0.00761. The zero-order valence-electron chi connectivity index (χ0n) is 35.5. The van der Waals surface area contributed by atoms with Crippen LogP contribution in [-0.4, -0.2) is 107 Å². The first-order chi connectivity index (χ1) is 30.1. The Morgan fingerprint density at radius 1 is 0.603 bits per heavy atom. The van der Waals surface area contributed by atoms with Gasteiger partial charge in [-0.05, 0) is 61.4 Å². The monoisotopic (exact) mass is 872 g/mol. The second-order valence-corrected chi connectivity index (χ2v) is 15.0. The topological polar surface area (TPSA) is 323 Å². The zero-order chi connectivity index (χ0) is 46.3. The van der Waals surface area contributed by atoms with Gasteiger partial charge in [-0.25, -0.2) is 4.79 Å². The van der Waals surface area contributed by atoms with E-state index in [9.17, 15) is 43.8 Å². The predicted octanol–water partition coefficient (Wildman–Crippen LogP) is -0.364. The van der Waals surface area contributed by atoms with Crippen molar-refractivity contribution in [2.75, 3.05) is 13.1 Å². The fraction of sp³-hybridized carbons (Fsp3) is 0.409. The summed E-state index contributed by atoms with van der Waals surface area (Å²) >= 11 is 0. The number of carboxylic acids is 1. The van der Waals surface area contributed by atoms with Crippen LogP contribution in [0.3, 0.4) is 0 Å². The number of hydrogen-bond acceptors (Lipinski definition) is 10. The van der Waals surface area contributed by atoms with Gasteiger partial charge in [-0.1, -0.05) is 92.6 Å². The maximum absolute atomic E-state index is 14.0. The average Bonchev–Trinajstić information content (AvgIpc) is 3.25. The van der Waals surface area contributed by atoms with E-state index in [1.54, 1.807) is 72.8 Å². The normalized spacial score (nSPS) is 13.6. The Kier molecular flexibility index (Phi) is 21.0. The van der Waals surface area contributed by atoms with Gasteiger partial charge in [-0.3, -0.25) is 33.8 Å². The lowest BCUT2D eigenvalue weighted by atomic mass is 10.0. The van der Waals surface area contributed by atoms with Crippen LogP contribution in [0.1, 0.15) is 62.6 Å². The van der Waals surface area contributed by atoms with Crippen molar-refractivity contribution < 1.29 is 43.8 Å². The Hall–Kier alpha value is -7.02. The maximum atomic E-state index is 14.0. The summed E-state index contributed by atoms with van der Waals surface area (Å²) in [6.07, 6.45) is 1.70. The van der Waals surface area contributed by atoms with Crippen molar-refractivity contribution in [1.82, 2.24) is 31.9 Å². The van der Waals surface area contributed by atoms with Crippen molar-refractivity contribution in [3.05, 3.63) is 102 Å². The smallest absolute Gasteiger partial charge is 0.326 e.